The van der Waals surface area contributed by atoms with E-state index >= 15 is 0 Å². The Labute approximate surface area is 132 Å². The zero-order valence-corrected chi connectivity index (χ0v) is 13.3. The summed E-state index contributed by atoms with van der Waals surface area (Å²) in [6, 6.07) is 7.22. The van der Waals surface area contributed by atoms with Gasteiger partial charge in [0.2, 0.25) is 0 Å². The van der Waals surface area contributed by atoms with Crippen molar-refractivity contribution in [2.45, 2.75) is 25.9 Å². The van der Waals surface area contributed by atoms with Gasteiger partial charge in [-0.05, 0) is 37.7 Å². The summed E-state index contributed by atoms with van der Waals surface area (Å²) in [5.41, 5.74) is 0. The summed E-state index contributed by atoms with van der Waals surface area (Å²) in [6.07, 6.45) is 1.70. The Morgan fingerprint density at radius 1 is 1.25 bits per heavy atom. The highest BCUT2D eigenvalue weighted by molar-refractivity contribution is 5.85. The van der Waals surface area contributed by atoms with Gasteiger partial charge >= 0.3 is 5.97 Å². The molecule has 6 heteroatoms. The van der Waals surface area contributed by atoms with Gasteiger partial charge in [-0.25, -0.2) is 0 Å². The number of benzene rings is 1. The lowest BCUT2D eigenvalue weighted by atomic mass is 10.3. The average molecular weight is 322 g/mol. The normalized spacial score (nSPS) is 17.8. The fourth-order valence-corrected chi connectivity index (χ4v) is 1.97. The molecule has 2 rings (SSSR count). The quantitative estimate of drug-likeness (QED) is 0.631. The van der Waals surface area contributed by atoms with Gasteiger partial charge in [-0.1, -0.05) is 6.92 Å². The molecule has 114 valence electrons. The fraction of sp³-hybridized carbons (Fsp3) is 0.500. The summed E-state index contributed by atoms with van der Waals surface area (Å²) in [4.78, 5) is 13.4. The van der Waals surface area contributed by atoms with Crippen LogP contribution in [0.4, 0.5) is 0 Å². The van der Waals surface area contributed by atoms with Crippen molar-refractivity contribution in [1.82, 2.24) is 4.90 Å². The van der Waals surface area contributed by atoms with Gasteiger partial charge in [0.15, 0.2) is 0 Å². The molecule has 1 aliphatic heterocycles. The third kappa shape index (κ3) is 5.57. The lowest BCUT2D eigenvalue weighted by molar-refractivity contribution is -0.134. The standard InChI is InChI=1S/C14H19NO3.2ClH/c1-3-14(16)18-12-6-4-11(5-7-12)17-13-8-9-15(2)10-13;;/h4-7,13H,3,8-10H2,1-2H3;2*1H/t13-;;/m0../s1. The number of hydrogen-bond acceptors (Lipinski definition) is 4. The first-order chi connectivity index (χ1) is 8.67. The van der Waals surface area contributed by atoms with E-state index < -0.39 is 0 Å². The second-order valence-electron chi connectivity index (χ2n) is 4.59. The smallest absolute Gasteiger partial charge is 0.310 e. The van der Waals surface area contributed by atoms with E-state index in [1.807, 2.05) is 12.1 Å². The number of rotatable bonds is 4. The highest BCUT2D eigenvalue weighted by Crippen LogP contribution is 2.21. The molecule has 0 unspecified atom stereocenters. The van der Waals surface area contributed by atoms with E-state index in [9.17, 15) is 4.79 Å². The molecule has 1 fully saturated rings. The van der Waals surface area contributed by atoms with Gasteiger partial charge in [0.25, 0.3) is 0 Å². The fourth-order valence-electron chi connectivity index (χ4n) is 1.97. The van der Waals surface area contributed by atoms with Crippen molar-refractivity contribution in [3.8, 4) is 11.5 Å². The van der Waals surface area contributed by atoms with E-state index in [4.69, 9.17) is 9.47 Å². The molecule has 0 bridgehead atoms. The maximum absolute atomic E-state index is 11.1. The predicted octanol–water partition coefficient (Wildman–Crippen LogP) is 2.93. The van der Waals surface area contributed by atoms with Crippen LogP contribution in [0.5, 0.6) is 11.5 Å². The number of likely N-dealkylation sites (tertiary alicyclic amines) is 1. The first-order valence-electron chi connectivity index (χ1n) is 6.33. The van der Waals surface area contributed by atoms with Crippen molar-refractivity contribution in [2.24, 2.45) is 0 Å². The predicted molar refractivity (Wildman–Crippen MR) is 83.4 cm³/mol. The summed E-state index contributed by atoms with van der Waals surface area (Å²) in [7, 11) is 2.09. The number of carbonyl (C=O) groups excluding carboxylic acids is 1. The summed E-state index contributed by atoms with van der Waals surface area (Å²) in [5.74, 6) is 1.17. The minimum atomic E-state index is -0.221. The van der Waals surface area contributed by atoms with Crippen molar-refractivity contribution in [2.75, 3.05) is 20.1 Å². The molecule has 0 aromatic heterocycles. The molecule has 1 aliphatic rings. The average Bonchev–Trinajstić information content (AvgIpc) is 2.77. The van der Waals surface area contributed by atoms with E-state index in [2.05, 4.69) is 11.9 Å². The van der Waals surface area contributed by atoms with E-state index in [1.54, 1.807) is 19.1 Å². The van der Waals surface area contributed by atoms with Crippen molar-refractivity contribution in [1.29, 1.82) is 0 Å². The maximum atomic E-state index is 11.1. The van der Waals surface area contributed by atoms with E-state index in [0.717, 1.165) is 25.3 Å². The topological polar surface area (TPSA) is 38.8 Å². The molecule has 0 amide bonds. The molecule has 0 spiro atoms. The molecule has 1 atom stereocenters. The SMILES string of the molecule is CCC(=O)Oc1ccc(O[C@H]2CCN(C)C2)cc1.Cl.Cl. The Bertz CT molecular complexity index is 411. The van der Waals surface area contributed by atoms with Gasteiger partial charge in [0.05, 0.1) is 0 Å². The van der Waals surface area contributed by atoms with Gasteiger partial charge in [0, 0.05) is 19.5 Å². The molecule has 1 saturated heterocycles. The van der Waals surface area contributed by atoms with Gasteiger partial charge in [-0.2, -0.15) is 0 Å². The molecule has 4 nitrogen and oxygen atoms in total. The molecule has 1 aromatic carbocycles. The third-order valence-electron chi connectivity index (χ3n) is 2.99. The minimum absolute atomic E-state index is 0. The summed E-state index contributed by atoms with van der Waals surface area (Å²) < 4.78 is 11.0. The van der Waals surface area contributed by atoms with E-state index in [-0.39, 0.29) is 36.9 Å². The number of carbonyl (C=O) groups is 1. The van der Waals surface area contributed by atoms with Crippen LogP contribution in [0.1, 0.15) is 19.8 Å². The van der Waals surface area contributed by atoms with Gasteiger partial charge in [0.1, 0.15) is 17.6 Å². The third-order valence-corrected chi connectivity index (χ3v) is 2.99. The van der Waals surface area contributed by atoms with Crippen LogP contribution in [0.2, 0.25) is 0 Å². The number of halogens is 2. The Balaban J connectivity index is 0.00000180. The van der Waals surface area contributed by atoms with Crippen LogP contribution >= 0.6 is 24.8 Å². The van der Waals surface area contributed by atoms with Crippen molar-refractivity contribution < 1.29 is 14.3 Å². The van der Waals surface area contributed by atoms with Crippen molar-refractivity contribution in [3.63, 3.8) is 0 Å². The lowest BCUT2D eigenvalue weighted by Crippen LogP contribution is -2.21. The van der Waals surface area contributed by atoms with Crippen LogP contribution in [0.25, 0.3) is 0 Å². The number of hydrogen-bond donors (Lipinski definition) is 0. The summed E-state index contributed by atoms with van der Waals surface area (Å²) in [6.45, 7) is 3.82. The zero-order chi connectivity index (χ0) is 13.0. The van der Waals surface area contributed by atoms with E-state index in [0.29, 0.717) is 12.2 Å². The summed E-state index contributed by atoms with van der Waals surface area (Å²) >= 11 is 0. The van der Waals surface area contributed by atoms with Crippen molar-refractivity contribution in [3.05, 3.63) is 24.3 Å². The number of esters is 1. The molecule has 1 aromatic rings. The monoisotopic (exact) mass is 321 g/mol. The van der Waals surface area contributed by atoms with Crippen molar-refractivity contribution >= 4 is 30.8 Å². The van der Waals surface area contributed by atoms with Crippen LogP contribution in [0.15, 0.2) is 24.3 Å². The number of nitrogens with zero attached hydrogens (tertiary/aromatic N) is 1. The highest BCUT2D eigenvalue weighted by atomic mass is 35.5. The molecular weight excluding hydrogens is 301 g/mol. The van der Waals surface area contributed by atoms with Crippen LogP contribution in [-0.4, -0.2) is 37.1 Å². The Hall–Kier alpha value is -0.970. The van der Waals surface area contributed by atoms with Crippen LogP contribution in [-0.2, 0) is 4.79 Å². The van der Waals surface area contributed by atoms with Gasteiger partial charge < -0.3 is 14.4 Å². The Morgan fingerprint density at radius 2 is 1.85 bits per heavy atom. The van der Waals surface area contributed by atoms with Crippen LogP contribution < -0.4 is 9.47 Å². The number of ether oxygens (including phenoxy) is 2. The minimum Gasteiger partial charge on any atom is -0.489 e. The molecule has 20 heavy (non-hydrogen) atoms. The van der Waals surface area contributed by atoms with Gasteiger partial charge in [-0.3, -0.25) is 4.79 Å². The second kappa shape index (κ2) is 9.06. The summed E-state index contributed by atoms with van der Waals surface area (Å²) in [5, 5.41) is 0. The second-order valence-corrected chi connectivity index (χ2v) is 4.59. The molecule has 0 saturated carbocycles. The molecule has 0 N–H and O–H groups in total. The lowest BCUT2D eigenvalue weighted by Gasteiger charge is -2.14. The highest BCUT2D eigenvalue weighted by Gasteiger charge is 2.20. The number of likely N-dealkylation sites (N-methyl/N-ethyl adjacent to an activating group) is 1. The van der Waals surface area contributed by atoms with Crippen LogP contribution in [0.3, 0.4) is 0 Å². The van der Waals surface area contributed by atoms with Gasteiger partial charge in [-0.15, -0.1) is 24.8 Å². The first kappa shape index (κ1) is 19.0. The Morgan fingerprint density at radius 3 is 2.35 bits per heavy atom. The molecule has 0 aliphatic carbocycles. The molecular formula is C14H21Cl2NO3. The largest absolute Gasteiger partial charge is 0.489 e. The first-order valence-corrected chi connectivity index (χ1v) is 6.33. The maximum Gasteiger partial charge on any atom is 0.310 e. The van der Waals surface area contributed by atoms with E-state index in [1.165, 1.54) is 0 Å². The van der Waals surface area contributed by atoms with Crippen LogP contribution in [0, 0.1) is 0 Å². The zero-order valence-electron chi connectivity index (χ0n) is 11.7. The Kier molecular flexibility index (Phi) is 8.62. The molecule has 1 heterocycles. The molecule has 0 radical (unpaired) electrons.